The Morgan fingerprint density at radius 3 is 2.53 bits per heavy atom. The quantitative estimate of drug-likeness (QED) is 0.852. The fourth-order valence-corrected chi connectivity index (χ4v) is 2.13. The topological polar surface area (TPSA) is 54.4 Å². The molecule has 0 aromatic heterocycles. The van der Waals surface area contributed by atoms with Gasteiger partial charge in [0.2, 0.25) is 0 Å². The zero-order chi connectivity index (χ0) is 11.6. The van der Waals surface area contributed by atoms with Crippen LogP contribution in [0.2, 0.25) is 0 Å². The predicted molar refractivity (Wildman–Crippen MR) is 57.6 cm³/mol. The smallest absolute Gasteiger partial charge is 0.338 e. The van der Waals surface area contributed by atoms with E-state index in [1.807, 2.05) is 0 Å². The number of aromatic carboxylic acids is 1. The third-order valence-corrected chi connectivity index (χ3v) is 3.27. The van der Waals surface area contributed by atoms with E-state index in [0.29, 0.717) is 9.37 Å². The van der Waals surface area contributed by atoms with Gasteiger partial charge >= 0.3 is 5.97 Å². The molecule has 0 atom stereocenters. The minimum absolute atomic E-state index is 0.196. The van der Waals surface area contributed by atoms with Crippen molar-refractivity contribution in [1.29, 1.82) is 0 Å². The number of carbonyl (C=O) groups excluding carboxylic acids is 1. The molecule has 0 bridgehead atoms. The molecule has 1 aromatic rings. The van der Waals surface area contributed by atoms with Crippen molar-refractivity contribution in [1.82, 2.24) is 0 Å². The van der Waals surface area contributed by atoms with Crippen molar-refractivity contribution in [3.8, 4) is 0 Å². The van der Waals surface area contributed by atoms with E-state index in [1.165, 1.54) is 6.92 Å². The Morgan fingerprint density at radius 2 is 2.07 bits per heavy atom. The molecule has 6 heteroatoms. The first kappa shape index (κ1) is 12.2. The summed E-state index contributed by atoms with van der Waals surface area (Å²) in [6.45, 7) is 1.35. The van der Waals surface area contributed by atoms with Gasteiger partial charge in [0.15, 0.2) is 5.12 Å². The van der Waals surface area contributed by atoms with Gasteiger partial charge in [-0.1, -0.05) is 11.8 Å². The normalized spacial score (nSPS) is 10.1. The summed E-state index contributed by atoms with van der Waals surface area (Å²) in [7, 11) is 0. The second-order valence-electron chi connectivity index (χ2n) is 2.66. The second-order valence-corrected chi connectivity index (χ2v) is 4.73. The highest BCUT2D eigenvalue weighted by Crippen LogP contribution is 2.30. The summed E-state index contributed by atoms with van der Waals surface area (Å²) in [5.74, 6) is -2.19. The van der Waals surface area contributed by atoms with Crippen LogP contribution in [0.3, 0.4) is 0 Å². The van der Waals surface area contributed by atoms with E-state index in [0.717, 1.165) is 23.9 Å². The Labute approximate surface area is 97.8 Å². The Hall–Kier alpha value is -0.880. The number of hydrogen-bond acceptors (Lipinski definition) is 3. The fraction of sp³-hybridized carbons (Fsp3) is 0.111. The maximum absolute atomic E-state index is 13.1. The largest absolute Gasteiger partial charge is 0.478 e. The van der Waals surface area contributed by atoms with Crippen molar-refractivity contribution in [2.45, 2.75) is 11.8 Å². The lowest BCUT2D eigenvalue weighted by Crippen LogP contribution is -2.01. The van der Waals surface area contributed by atoms with Crippen molar-refractivity contribution in [3.05, 3.63) is 28.0 Å². The molecule has 0 saturated heterocycles. The number of thioether (sulfide) groups is 1. The maximum Gasteiger partial charge on any atom is 0.338 e. The van der Waals surface area contributed by atoms with Gasteiger partial charge in [0.05, 0.1) is 5.56 Å². The minimum atomic E-state index is -1.36. The lowest BCUT2D eigenvalue weighted by Gasteiger charge is -2.04. The molecule has 1 aromatic carbocycles. The van der Waals surface area contributed by atoms with E-state index in [-0.39, 0.29) is 5.12 Å². The number of benzene rings is 1. The Bertz CT molecular complexity index is 434. The van der Waals surface area contributed by atoms with Gasteiger partial charge < -0.3 is 5.11 Å². The van der Waals surface area contributed by atoms with Crippen LogP contribution in [0.25, 0.3) is 0 Å². The Balaban J connectivity index is 3.23. The van der Waals surface area contributed by atoms with E-state index < -0.39 is 17.3 Å². The van der Waals surface area contributed by atoms with E-state index in [4.69, 9.17) is 5.11 Å². The molecular formula is C9H6BrFO3S. The third-order valence-electron chi connectivity index (χ3n) is 1.51. The van der Waals surface area contributed by atoms with Crippen LogP contribution in [0.4, 0.5) is 4.39 Å². The first-order valence-corrected chi connectivity index (χ1v) is 5.43. The third kappa shape index (κ3) is 3.04. The number of rotatable bonds is 2. The number of carboxylic acid groups (broad SMARTS) is 1. The summed E-state index contributed by atoms with van der Waals surface area (Å²) < 4.78 is 13.5. The molecule has 1 N–H and O–H groups in total. The van der Waals surface area contributed by atoms with Crippen LogP contribution < -0.4 is 0 Å². The van der Waals surface area contributed by atoms with Crippen LogP contribution in [-0.4, -0.2) is 16.2 Å². The fourth-order valence-electron chi connectivity index (χ4n) is 0.926. The van der Waals surface area contributed by atoms with Crippen molar-refractivity contribution in [2.75, 3.05) is 0 Å². The molecule has 0 saturated carbocycles. The molecule has 0 amide bonds. The molecule has 0 aliphatic carbocycles. The van der Waals surface area contributed by atoms with Crippen LogP contribution in [0.5, 0.6) is 0 Å². The van der Waals surface area contributed by atoms with Gasteiger partial charge in [-0.05, 0) is 28.1 Å². The molecule has 0 fully saturated rings. The Morgan fingerprint density at radius 1 is 1.47 bits per heavy atom. The monoisotopic (exact) mass is 292 g/mol. The molecule has 1 rings (SSSR count). The molecule has 0 aliphatic rings. The van der Waals surface area contributed by atoms with Crippen LogP contribution in [0.1, 0.15) is 17.3 Å². The molecule has 0 radical (unpaired) electrons. The lowest BCUT2D eigenvalue weighted by molar-refractivity contribution is -0.109. The molecular weight excluding hydrogens is 287 g/mol. The van der Waals surface area contributed by atoms with Gasteiger partial charge in [0, 0.05) is 16.3 Å². The standard InChI is InChI=1S/C9H6BrFO3S/c1-4(12)15-8-2-5(9(13)14)7(11)3-6(8)10/h2-3H,1H3,(H,13,14). The first-order valence-electron chi connectivity index (χ1n) is 3.82. The molecule has 0 spiro atoms. The summed E-state index contributed by atoms with van der Waals surface area (Å²) in [6.07, 6.45) is 0. The van der Waals surface area contributed by atoms with E-state index >= 15 is 0 Å². The maximum atomic E-state index is 13.1. The van der Waals surface area contributed by atoms with Gasteiger partial charge in [0.1, 0.15) is 5.82 Å². The Kier molecular flexibility index (Phi) is 3.87. The summed E-state index contributed by atoms with van der Waals surface area (Å²) in [6, 6.07) is 2.17. The zero-order valence-corrected chi connectivity index (χ0v) is 9.99. The van der Waals surface area contributed by atoms with Gasteiger partial charge in [0.25, 0.3) is 0 Å². The molecule has 3 nitrogen and oxygen atoms in total. The van der Waals surface area contributed by atoms with E-state index in [9.17, 15) is 14.0 Å². The van der Waals surface area contributed by atoms with Crippen molar-refractivity contribution >= 4 is 38.8 Å². The SMILES string of the molecule is CC(=O)Sc1cc(C(=O)O)c(F)cc1Br. The van der Waals surface area contributed by atoms with Gasteiger partial charge in [-0.3, -0.25) is 4.79 Å². The summed E-state index contributed by atoms with van der Waals surface area (Å²) in [5.41, 5.74) is -0.443. The van der Waals surface area contributed by atoms with E-state index in [2.05, 4.69) is 15.9 Å². The zero-order valence-electron chi connectivity index (χ0n) is 7.58. The van der Waals surface area contributed by atoms with Crippen molar-refractivity contribution in [3.63, 3.8) is 0 Å². The highest BCUT2D eigenvalue weighted by molar-refractivity contribution is 9.10. The van der Waals surface area contributed by atoms with E-state index in [1.54, 1.807) is 0 Å². The van der Waals surface area contributed by atoms with Gasteiger partial charge in [-0.25, -0.2) is 9.18 Å². The molecule has 0 unspecified atom stereocenters. The summed E-state index contributed by atoms with van der Waals surface area (Å²) in [4.78, 5) is 21.8. The van der Waals surface area contributed by atoms with Crippen LogP contribution in [0, 0.1) is 5.82 Å². The number of carboxylic acids is 1. The minimum Gasteiger partial charge on any atom is -0.478 e. The lowest BCUT2D eigenvalue weighted by atomic mass is 10.2. The molecule has 0 heterocycles. The van der Waals surface area contributed by atoms with Gasteiger partial charge in [-0.2, -0.15) is 0 Å². The van der Waals surface area contributed by atoms with Crippen LogP contribution >= 0.6 is 27.7 Å². The molecule has 80 valence electrons. The number of hydrogen-bond donors (Lipinski definition) is 1. The summed E-state index contributed by atoms with van der Waals surface area (Å²) >= 11 is 3.90. The highest BCUT2D eigenvalue weighted by atomic mass is 79.9. The predicted octanol–water partition coefficient (Wildman–Crippen LogP) is 2.93. The average molecular weight is 293 g/mol. The van der Waals surface area contributed by atoms with Crippen molar-refractivity contribution in [2.24, 2.45) is 0 Å². The highest BCUT2D eigenvalue weighted by Gasteiger charge is 2.15. The number of carbonyl (C=O) groups is 2. The van der Waals surface area contributed by atoms with Crippen molar-refractivity contribution < 1.29 is 19.1 Å². The summed E-state index contributed by atoms with van der Waals surface area (Å²) in [5, 5.41) is 8.47. The van der Waals surface area contributed by atoms with Gasteiger partial charge in [-0.15, -0.1) is 0 Å². The first-order chi connectivity index (χ1) is 6.91. The molecule has 15 heavy (non-hydrogen) atoms. The van der Waals surface area contributed by atoms with Crippen LogP contribution in [-0.2, 0) is 4.79 Å². The average Bonchev–Trinajstić information content (AvgIpc) is 2.08. The number of halogens is 2. The second kappa shape index (κ2) is 4.76. The van der Waals surface area contributed by atoms with Crippen LogP contribution in [0.15, 0.2) is 21.5 Å². The molecule has 0 aliphatic heterocycles.